The van der Waals surface area contributed by atoms with E-state index >= 15 is 0 Å². The van der Waals surface area contributed by atoms with Crippen LogP contribution in [0.25, 0.3) is 0 Å². The highest BCUT2D eigenvalue weighted by molar-refractivity contribution is 5.98. The van der Waals surface area contributed by atoms with Crippen LogP contribution in [-0.2, 0) is 23.9 Å². The van der Waals surface area contributed by atoms with Gasteiger partial charge in [0.2, 0.25) is 0 Å². The number of carbonyl (C=O) groups excluding carboxylic acids is 3. The van der Waals surface area contributed by atoms with E-state index in [9.17, 15) is 24.6 Å². The summed E-state index contributed by atoms with van der Waals surface area (Å²) < 4.78 is 11.6. The van der Waals surface area contributed by atoms with Crippen molar-refractivity contribution in [3.63, 3.8) is 0 Å². The molecule has 0 aromatic heterocycles. The third-order valence-corrected chi connectivity index (χ3v) is 12.5. The Labute approximate surface area is 232 Å². The van der Waals surface area contributed by atoms with E-state index in [0.29, 0.717) is 18.4 Å². The molecule has 7 heteroatoms. The summed E-state index contributed by atoms with van der Waals surface area (Å²) in [5.41, 5.74) is -0.615. The van der Waals surface area contributed by atoms with Crippen molar-refractivity contribution < 1.29 is 34.1 Å². The summed E-state index contributed by atoms with van der Waals surface area (Å²) in [6, 6.07) is 0. The summed E-state index contributed by atoms with van der Waals surface area (Å²) in [7, 11) is 0. The molecule has 216 valence electrons. The lowest BCUT2D eigenvalue weighted by Gasteiger charge is -2.61. The van der Waals surface area contributed by atoms with E-state index in [2.05, 4.69) is 20.4 Å². The smallest absolute Gasteiger partial charge is 0.330 e. The van der Waals surface area contributed by atoms with Gasteiger partial charge in [-0.15, -0.1) is 0 Å². The molecule has 39 heavy (non-hydrogen) atoms. The number of ketones is 1. The first-order valence-electron chi connectivity index (χ1n) is 14.7. The van der Waals surface area contributed by atoms with Crippen LogP contribution >= 0.6 is 0 Å². The van der Waals surface area contributed by atoms with E-state index < -0.39 is 24.2 Å². The normalized spacial score (nSPS) is 47.5. The average Bonchev–Trinajstić information content (AvgIpc) is 3.47. The van der Waals surface area contributed by atoms with Gasteiger partial charge in [0.1, 0.15) is 18.3 Å². The fourth-order valence-corrected chi connectivity index (χ4v) is 10.5. The minimum Gasteiger partial charge on any atom is -0.462 e. The van der Waals surface area contributed by atoms with Gasteiger partial charge in [-0.05, 0) is 78.6 Å². The monoisotopic (exact) mass is 542 g/mol. The number of rotatable bonds is 6. The Morgan fingerprint density at radius 3 is 2.46 bits per heavy atom. The molecule has 4 saturated carbocycles. The maximum absolute atomic E-state index is 13.2. The molecular weight excluding hydrogens is 496 g/mol. The van der Waals surface area contributed by atoms with Gasteiger partial charge in [0, 0.05) is 30.3 Å². The summed E-state index contributed by atoms with van der Waals surface area (Å²) >= 11 is 0. The number of aliphatic hydroxyl groups is 2. The van der Waals surface area contributed by atoms with Crippen LogP contribution in [0.5, 0.6) is 0 Å². The zero-order valence-electron chi connectivity index (χ0n) is 24.5. The maximum atomic E-state index is 13.2. The molecule has 1 aliphatic heterocycles. The van der Waals surface area contributed by atoms with Gasteiger partial charge < -0.3 is 19.7 Å². The lowest BCUT2D eigenvalue weighted by atomic mass is 9.43. The minimum atomic E-state index is -1.24. The number of allylic oxidation sites excluding steroid dienone is 1. The van der Waals surface area contributed by atoms with E-state index in [0.717, 1.165) is 19.3 Å². The summed E-state index contributed by atoms with van der Waals surface area (Å²) in [5, 5.41) is 22.9. The summed E-state index contributed by atoms with van der Waals surface area (Å²) in [5.74, 6) is -1.83. The van der Waals surface area contributed by atoms with E-state index in [1.54, 1.807) is 6.08 Å². The second-order valence-corrected chi connectivity index (χ2v) is 14.3. The molecule has 5 rings (SSSR count). The summed E-state index contributed by atoms with van der Waals surface area (Å²) in [6.45, 7) is 17.4. The largest absolute Gasteiger partial charge is 0.462 e. The molecule has 5 aliphatic rings. The summed E-state index contributed by atoms with van der Waals surface area (Å²) in [6.07, 6.45) is 4.78. The maximum Gasteiger partial charge on any atom is 0.330 e. The highest BCUT2D eigenvalue weighted by Crippen LogP contribution is 2.86. The van der Waals surface area contributed by atoms with E-state index in [1.165, 1.54) is 6.92 Å². The van der Waals surface area contributed by atoms with Crippen LogP contribution in [-0.4, -0.2) is 52.4 Å². The Balaban J connectivity index is 1.55. The van der Waals surface area contributed by atoms with E-state index in [1.807, 2.05) is 33.8 Å². The standard InChI is InChI=1S/C32H46O7/c1-16(2)17(3)27(36)28(37)18(4)25-22(39-20(6)33)14-30(8)23-13-21(34)26-19(5)38-24(35)9-10-32(26)15-31(23,32)12-11-29(25,30)7/h9-10,16,18-19,21-23,25-26,28,34,37H,3,11-15H2,1-2,4-8H3/t18-,19-,21+,22-,23-,25-,26+,28+,29+,30-,31-,32+/m0/s1. The zero-order chi connectivity index (χ0) is 28.9. The molecule has 0 saturated heterocycles. The van der Waals surface area contributed by atoms with Gasteiger partial charge in [0.05, 0.1) is 6.10 Å². The van der Waals surface area contributed by atoms with Crippen molar-refractivity contribution in [2.75, 3.05) is 0 Å². The Bertz CT molecular complexity index is 1130. The van der Waals surface area contributed by atoms with Crippen LogP contribution < -0.4 is 0 Å². The molecule has 0 amide bonds. The first kappa shape index (κ1) is 28.5. The van der Waals surface area contributed by atoms with Gasteiger partial charge in [0.15, 0.2) is 5.78 Å². The SMILES string of the molecule is C=C(C(=O)[C@H](O)[C@@H](C)[C@H]1[C@@H](OC(C)=O)C[C@@]2(C)[C@@H]3C[C@@H](O)[C@H]4[C@H](C)OC(=O)C=C[C@@]45C[C@@]35CC[C@]12C)C(C)C. The van der Waals surface area contributed by atoms with Gasteiger partial charge in [-0.1, -0.05) is 47.3 Å². The van der Waals surface area contributed by atoms with Crippen LogP contribution in [0.3, 0.4) is 0 Å². The van der Waals surface area contributed by atoms with Crippen LogP contribution in [0.2, 0.25) is 0 Å². The van der Waals surface area contributed by atoms with Crippen LogP contribution in [0.15, 0.2) is 24.3 Å². The molecule has 7 nitrogen and oxygen atoms in total. The molecule has 12 atom stereocenters. The number of aliphatic hydroxyl groups excluding tert-OH is 2. The molecule has 0 unspecified atom stereocenters. The second-order valence-electron chi connectivity index (χ2n) is 14.3. The lowest BCUT2D eigenvalue weighted by molar-refractivity contribution is -0.169. The fourth-order valence-electron chi connectivity index (χ4n) is 10.5. The molecule has 0 bridgehead atoms. The molecule has 0 aromatic carbocycles. The third kappa shape index (κ3) is 3.71. The van der Waals surface area contributed by atoms with Crippen molar-refractivity contribution in [1.29, 1.82) is 0 Å². The van der Waals surface area contributed by atoms with Gasteiger partial charge in [-0.25, -0.2) is 4.79 Å². The Hall–Kier alpha value is -1.99. The molecule has 0 radical (unpaired) electrons. The highest BCUT2D eigenvalue weighted by Gasteiger charge is 2.83. The Morgan fingerprint density at radius 2 is 1.85 bits per heavy atom. The third-order valence-electron chi connectivity index (χ3n) is 12.5. The highest BCUT2D eigenvalue weighted by atomic mass is 16.5. The first-order chi connectivity index (χ1) is 18.1. The van der Waals surface area contributed by atoms with Crippen molar-refractivity contribution in [3.8, 4) is 0 Å². The molecule has 2 spiro atoms. The van der Waals surface area contributed by atoms with Crippen molar-refractivity contribution in [2.45, 2.75) is 105 Å². The zero-order valence-corrected chi connectivity index (χ0v) is 24.5. The van der Waals surface area contributed by atoms with Gasteiger partial charge in [0.25, 0.3) is 0 Å². The predicted molar refractivity (Wildman–Crippen MR) is 145 cm³/mol. The molecular formula is C32H46O7. The molecule has 4 fully saturated rings. The molecule has 2 N–H and O–H groups in total. The number of hydrogen-bond acceptors (Lipinski definition) is 7. The summed E-state index contributed by atoms with van der Waals surface area (Å²) in [4.78, 5) is 37.8. The number of hydrogen-bond donors (Lipinski definition) is 2. The first-order valence-corrected chi connectivity index (χ1v) is 14.7. The Morgan fingerprint density at radius 1 is 1.18 bits per heavy atom. The lowest BCUT2D eigenvalue weighted by Crippen LogP contribution is -2.58. The number of cyclic esters (lactones) is 1. The quantitative estimate of drug-likeness (QED) is 0.378. The van der Waals surface area contributed by atoms with Gasteiger partial charge in [-0.3, -0.25) is 9.59 Å². The van der Waals surface area contributed by atoms with E-state index in [4.69, 9.17) is 9.47 Å². The number of ether oxygens (including phenoxy) is 2. The van der Waals surface area contributed by atoms with Crippen molar-refractivity contribution in [1.82, 2.24) is 0 Å². The van der Waals surface area contributed by atoms with E-state index in [-0.39, 0.29) is 69.2 Å². The van der Waals surface area contributed by atoms with Crippen molar-refractivity contribution in [3.05, 3.63) is 24.3 Å². The minimum absolute atomic E-state index is 0.0663. The van der Waals surface area contributed by atoms with Crippen molar-refractivity contribution >= 4 is 17.7 Å². The fraction of sp³-hybridized carbons (Fsp3) is 0.781. The van der Waals surface area contributed by atoms with Crippen molar-refractivity contribution in [2.24, 2.45) is 51.2 Å². The number of carbonyl (C=O) groups is 3. The molecule has 4 aliphatic carbocycles. The number of fused-ring (bicyclic) bond motifs is 2. The topological polar surface area (TPSA) is 110 Å². The van der Waals surface area contributed by atoms with Crippen LogP contribution in [0.1, 0.15) is 80.6 Å². The van der Waals surface area contributed by atoms with Gasteiger partial charge in [-0.2, -0.15) is 0 Å². The molecule has 0 aromatic rings. The second kappa shape index (κ2) is 9.01. The average molecular weight is 543 g/mol. The predicted octanol–water partition coefficient (Wildman–Crippen LogP) is 4.40. The number of Topliss-reactive ketones (excluding diaryl/α,β-unsaturated/α-hetero) is 1. The van der Waals surface area contributed by atoms with Gasteiger partial charge >= 0.3 is 11.9 Å². The number of esters is 2. The van der Waals surface area contributed by atoms with Crippen LogP contribution in [0, 0.1) is 51.2 Å². The Kier molecular flexibility index (Phi) is 6.59. The molecule has 1 heterocycles. The van der Waals surface area contributed by atoms with Crippen LogP contribution in [0.4, 0.5) is 0 Å².